The molecule has 3 aromatic rings. The summed E-state index contributed by atoms with van der Waals surface area (Å²) in [5, 5.41) is 7.49. The van der Waals surface area contributed by atoms with E-state index in [0.717, 1.165) is 4.88 Å². The Balaban J connectivity index is 1.53. The molecule has 4 N–H and O–H groups in total. The Hall–Kier alpha value is -4.06. The van der Waals surface area contributed by atoms with Crippen molar-refractivity contribution in [1.82, 2.24) is 30.1 Å². The fraction of sp³-hybridized carbons (Fsp3) is 0.333. The van der Waals surface area contributed by atoms with E-state index in [1.54, 1.807) is 29.9 Å². The molecule has 4 rings (SSSR count). The molecule has 1 fully saturated rings. The number of primary amides is 1. The van der Waals surface area contributed by atoms with Crippen molar-refractivity contribution in [3.05, 3.63) is 70.7 Å². The Kier molecular flexibility index (Phi) is 7.74. The summed E-state index contributed by atoms with van der Waals surface area (Å²) in [5.74, 6) is -1.89. The number of nitrogens with zero attached hydrogens (tertiary/aromatic N) is 4. The quantitative estimate of drug-likeness (QED) is 0.402. The number of thiophene rings is 1. The van der Waals surface area contributed by atoms with Crippen LogP contribution < -0.4 is 16.4 Å². The Morgan fingerprint density at radius 1 is 1.22 bits per heavy atom. The SMILES string of the molecule is Cn1cccc1C(=O)N1CC[C@H](NC(=O)c2cnccn2)C[C@H]1C(=O)N[C@@H](Cc1cccs1)C(N)=O. The lowest BCUT2D eigenvalue weighted by molar-refractivity contribution is -0.131. The van der Waals surface area contributed by atoms with Crippen LogP contribution in [0.15, 0.2) is 54.4 Å². The Labute approximate surface area is 211 Å². The minimum atomic E-state index is -0.933. The third-order valence-corrected chi connectivity index (χ3v) is 7.00. The van der Waals surface area contributed by atoms with Crippen LogP contribution in [0.5, 0.6) is 0 Å². The van der Waals surface area contributed by atoms with Gasteiger partial charge in [-0.15, -0.1) is 11.3 Å². The van der Waals surface area contributed by atoms with E-state index in [-0.39, 0.29) is 31.0 Å². The van der Waals surface area contributed by atoms with Crippen molar-refractivity contribution in [3.63, 3.8) is 0 Å². The topological polar surface area (TPSA) is 152 Å². The zero-order valence-corrected chi connectivity index (χ0v) is 20.5. The van der Waals surface area contributed by atoms with Gasteiger partial charge in [-0.3, -0.25) is 24.2 Å². The van der Waals surface area contributed by atoms with E-state index in [1.807, 2.05) is 17.5 Å². The highest BCUT2D eigenvalue weighted by Crippen LogP contribution is 2.22. The first-order valence-electron chi connectivity index (χ1n) is 11.4. The first-order valence-corrected chi connectivity index (χ1v) is 12.3. The van der Waals surface area contributed by atoms with Crippen LogP contribution in [0.4, 0.5) is 0 Å². The minimum Gasteiger partial charge on any atom is -0.368 e. The summed E-state index contributed by atoms with van der Waals surface area (Å²) in [6.45, 7) is 0.236. The van der Waals surface area contributed by atoms with Gasteiger partial charge in [0, 0.05) is 49.5 Å². The summed E-state index contributed by atoms with van der Waals surface area (Å²) < 4.78 is 1.68. The molecule has 0 bridgehead atoms. The van der Waals surface area contributed by atoms with Gasteiger partial charge in [-0.2, -0.15) is 0 Å². The summed E-state index contributed by atoms with van der Waals surface area (Å²) in [7, 11) is 1.75. The van der Waals surface area contributed by atoms with Crippen LogP contribution in [0.3, 0.4) is 0 Å². The molecule has 0 unspecified atom stereocenters. The summed E-state index contributed by atoms with van der Waals surface area (Å²) in [5.41, 5.74) is 6.17. The maximum atomic E-state index is 13.5. The van der Waals surface area contributed by atoms with Gasteiger partial charge < -0.3 is 25.8 Å². The highest BCUT2D eigenvalue weighted by atomic mass is 32.1. The van der Waals surface area contributed by atoms with E-state index < -0.39 is 35.8 Å². The van der Waals surface area contributed by atoms with Gasteiger partial charge in [-0.1, -0.05) is 6.07 Å². The molecule has 188 valence electrons. The van der Waals surface area contributed by atoms with E-state index in [9.17, 15) is 19.2 Å². The number of likely N-dealkylation sites (tertiary alicyclic amines) is 1. The minimum absolute atomic E-state index is 0.158. The zero-order chi connectivity index (χ0) is 25.7. The van der Waals surface area contributed by atoms with Crippen molar-refractivity contribution >= 4 is 35.0 Å². The summed E-state index contributed by atoms with van der Waals surface area (Å²) in [6.07, 6.45) is 6.86. The molecule has 0 aliphatic carbocycles. The number of rotatable bonds is 8. The third kappa shape index (κ3) is 5.77. The maximum absolute atomic E-state index is 13.5. The molecule has 1 aliphatic heterocycles. The van der Waals surface area contributed by atoms with Crippen molar-refractivity contribution in [1.29, 1.82) is 0 Å². The monoisotopic (exact) mass is 509 g/mol. The summed E-state index contributed by atoms with van der Waals surface area (Å²) >= 11 is 1.46. The molecule has 3 atom stereocenters. The van der Waals surface area contributed by atoms with Crippen LogP contribution in [0, 0.1) is 0 Å². The third-order valence-electron chi connectivity index (χ3n) is 6.11. The number of aromatic nitrogens is 3. The van der Waals surface area contributed by atoms with E-state index in [4.69, 9.17) is 5.73 Å². The lowest BCUT2D eigenvalue weighted by Gasteiger charge is -2.39. The van der Waals surface area contributed by atoms with Crippen molar-refractivity contribution in [2.75, 3.05) is 6.54 Å². The molecule has 11 nitrogen and oxygen atoms in total. The van der Waals surface area contributed by atoms with Gasteiger partial charge in [0.1, 0.15) is 23.5 Å². The van der Waals surface area contributed by atoms with Gasteiger partial charge in [0.2, 0.25) is 11.8 Å². The Morgan fingerprint density at radius 2 is 2.06 bits per heavy atom. The maximum Gasteiger partial charge on any atom is 0.271 e. The van der Waals surface area contributed by atoms with E-state index in [2.05, 4.69) is 20.6 Å². The van der Waals surface area contributed by atoms with Crippen LogP contribution in [-0.4, -0.2) is 67.7 Å². The molecule has 0 radical (unpaired) electrons. The molecule has 4 heterocycles. The number of carbonyl (C=O) groups excluding carboxylic acids is 4. The van der Waals surface area contributed by atoms with Crippen molar-refractivity contribution in [2.24, 2.45) is 12.8 Å². The molecule has 0 aromatic carbocycles. The molecule has 3 aromatic heterocycles. The second-order valence-electron chi connectivity index (χ2n) is 8.55. The number of aryl methyl sites for hydroxylation is 1. The summed E-state index contributed by atoms with van der Waals surface area (Å²) in [4.78, 5) is 61.8. The summed E-state index contributed by atoms with van der Waals surface area (Å²) in [6, 6.07) is 4.90. The molecule has 1 aliphatic rings. The van der Waals surface area contributed by atoms with E-state index >= 15 is 0 Å². The number of hydrogen-bond acceptors (Lipinski definition) is 7. The van der Waals surface area contributed by atoms with Gasteiger partial charge >= 0.3 is 0 Å². The largest absolute Gasteiger partial charge is 0.368 e. The predicted octanol–water partition coefficient (Wildman–Crippen LogP) is 0.493. The fourth-order valence-corrected chi connectivity index (χ4v) is 4.97. The van der Waals surface area contributed by atoms with Gasteiger partial charge in [0.25, 0.3) is 11.8 Å². The van der Waals surface area contributed by atoms with Gasteiger partial charge in [-0.25, -0.2) is 4.98 Å². The molecule has 36 heavy (non-hydrogen) atoms. The highest BCUT2D eigenvalue weighted by Gasteiger charge is 2.39. The van der Waals surface area contributed by atoms with Crippen LogP contribution in [0.1, 0.15) is 38.7 Å². The number of nitrogens with one attached hydrogen (secondary N) is 2. The number of hydrogen-bond donors (Lipinski definition) is 3. The second-order valence-corrected chi connectivity index (χ2v) is 9.58. The Morgan fingerprint density at radius 3 is 2.69 bits per heavy atom. The van der Waals surface area contributed by atoms with Gasteiger partial charge in [0.15, 0.2) is 0 Å². The first-order chi connectivity index (χ1) is 17.3. The first kappa shape index (κ1) is 25.0. The molecule has 0 spiro atoms. The molecule has 12 heteroatoms. The molecular weight excluding hydrogens is 482 g/mol. The second kappa shape index (κ2) is 11.1. The van der Waals surface area contributed by atoms with Crippen LogP contribution in [-0.2, 0) is 23.1 Å². The number of piperidine rings is 1. The number of nitrogens with two attached hydrogens (primary N) is 1. The lowest BCUT2D eigenvalue weighted by Crippen LogP contribution is -2.60. The normalized spacial score (nSPS) is 18.3. The van der Waals surface area contributed by atoms with Gasteiger partial charge in [0.05, 0.1) is 6.20 Å². The van der Waals surface area contributed by atoms with E-state index in [1.165, 1.54) is 34.8 Å². The van der Waals surface area contributed by atoms with Gasteiger partial charge in [-0.05, 0) is 36.4 Å². The molecule has 0 saturated carbocycles. The zero-order valence-electron chi connectivity index (χ0n) is 19.7. The smallest absolute Gasteiger partial charge is 0.271 e. The van der Waals surface area contributed by atoms with Crippen molar-refractivity contribution in [3.8, 4) is 0 Å². The van der Waals surface area contributed by atoms with Crippen molar-refractivity contribution < 1.29 is 19.2 Å². The molecular formula is C24H27N7O4S. The number of carbonyl (C=O) groups is 4. The number of amides is 4. The van der Waals surface area contributed by atoms with Crippen LogP contribution in [0.2, 0.25) is 0 Å². The van der Waals surface area contributed by atoms with Crippen LogP contribution >= 0.6 is 11.3 Å². The molecule has 4 amide bonds. The predicted molar refractivity (Wildman–Crippen MR) is 132 cm³/mol. The fourth-order valence-electron chi connectivity index (χ4n) is 4.21. The lowest BCUT2D eigenvalue weighted by atomic mass is 9.95. The van der Waals surface area contributed by atoms with E-state index in [0.29, 0.717) is 12.1 Å². The van der Waals surface area contributed by atoms with Crippen LogP contribution in [0.25, 0.3) is 0 Å². The van der Waals surface area contributed by atoms with Crippen molar-refractivity contribution in [2.45, 2.75) is 37.4 Å². The standard InChI is InChI=1S/C24H27N7O4S/c1-30-9-2-5-19(30)24(35)31-10-6-15(28-22(33)18-14-26-7-8-27-18)12-20(31)23(34)29-17(21(25)32)13-16-4-3-11-36-16/h2-5,7-9,11,14-15,17,20H,6,10,12-13H2,1H3,(H2,25,32)(H,28,33)(H,29,34)/t15-,17-,20-/m0/s1. The average Bonchev–Trinajstić information content (AvgIpc) is 3.55. The average molecular weight is 510 g/mol. The Bertz CT molecular complexity index is 1230. The highest BCUT2D eigenvalue weighted by molar-refractivity contribution is 7.09. The molecule has 1 saturated heterocycles.